The predicted molar refractivity (Wildman–Crippen MR) is 133 cm³/mol. The largest absolute Gasteiger partial charge is 0.493 e. The van der Waals surface area contributed by atoms with Gasteiger partial charge in [-0.3, -0.25) is 14.5 Å². The number of imide groups is 1. The van der Waals surface area contributed by atoms with E-state index in [1.165, 1.54) is 4.90 Å². The van der Waals surface area contributed by atoms with Crippen molar-refractivity contribution in [2.45, 2.75) is 40.0 Å². The first kappa shape index (κ1) is 25.3. The van der Waals surface area contributed by atoms with Crippen molar-refractivity contribution in [1.29, 1.82) is 0 Å². The Morgan fingerprint density at radius 2 is 1.59 bits per heavy atom. The van der Waals surface area contributed by atoms with Crippen LogP contribution in [0.1, 0.15) is 42.9 Å². The van der Waals surface area contributed by atoms with Crippen LogP contribution in [0.2, 0.25) is 0 Å². The van der Waals surface area contributed by atoms with Gasteiger partial charge in [-0.05, 0) is 55.5 Å². The van der Waals surface area contributed by atoms with Crippen molar-refractivity contribution >= 4 is 23.1 Å². The fraction of sp³-hybridized carbons (Fsp3) is 0.407. The Morgan fingerprint density at radius 3 is 2.26 bits per heavy atom. The number of benzene rings is 2. The molecule has 1 aliphatic rings. The van der Waals surface area contributed by atoms with Gasteiger partial charge in [0.15, 0.2) is 11.5 Å². The number of anilines is 1. The average Bonchev–Trinajstić information content (AvgIpc) is 3.06. The second kappa shape index (κ2) is 11.7. The van der Waals surface area contributed by atoms with Gasteiger partial charge >= 0.3 is 0 Å². The van der Waals surface area contributed by atoms with E-state index in [9.17, 15) is 9.59 Å². The molecule has 1 N–H and O–H groups in total. The van der Waals surface area contributed by atoms with Crippen molar-refractivity contribution in [2.24, 2.45) is 0 Å². The number of carbonyl (C=O) groups excluding carboxylic acids is 2. The molecule has 0 fully saturated rings. The summed E-state index contributed by atoms with van der Waals surface area (Å²) in [5.41, 5.74) is 4.14. The molecule has 7 nitrogen and oxygen atoms in total. The van der Waals surface area contributed by atoms with Crippen molar-refractivity contribution < 1.29 is 23.8 Å². The van der Waals surface area contributed by atoms with E-state index in [4.69, 9.17) is 14.2 Å². The number of hydrogen-bond donors (Lipinski definition) is 1. The van der Waals surface area contributed by atoms with Gasteiger partial charge in [0.25, 0.3) is 11.8 Å². The van der Waals surface area contributed by atoms with Gasteiger partial charge in [-0.25, -0.2) is 0 Å². The molecule has 1 heterocycles. The Balaban J connectivity index is 1.90. The molecule has 0 saturated carbocycles. The molecule has 0 unspecified atom stereocenters. The molecule has 0 saturated heterocycles. The van der Waals surface area contributed by atoms with Crippen LogP contribution in [-0.2, 0) is 14.3 Å². The molecule has 1 aliphatic heterocycles. The van der Waals surface area contributed by atoms with Crippen LogP contribution in [0.25, 0.3) is 5.57 Å². The summed E-state index contributed by atoms with van der Waals surface area (Å²) < 4.78 is 16.3. The van der Waals surface area contributed by atoms with Gasteiger partial charge in [0.1, 0.15) is 5.70 Å². The third-order valence-corrected chi connectivity index (χ3v) is 5.93. The third kappa shape index (κ3) is 5.59. The van der Waals surface area contributed by atoms with E-state index in [0.29, 0.717) is 54.5 Å². The van der Waals surface area contributed by atoms with Gasteiger partial charge < -0.3 is 19.5 Å². The zero-order valence-corrected chi connectivity index (χ0v) is 20.7. The molecule has 0 aliphatic carbocycles. The molecule has 34 heavy (non-hydrogen) atoms. The van der Waals surface area contributed by atoms with E-state index in [1.54, 1.807) is 32.4 Å². The van der Waals surface area contributed by atoms with Crippen LogP contribution in [0, 0.1) is 13.8 Å². The van der Waals surface area contributed by atoms with Crippen LogP contribution in [-0.4, -0.2) is 50.7 Å². The van der Waals surface area contributed by atoms with Crippen LogP contribution in [0.15, 0.2) is 42.1 Å². The lowest BCUT2D eigenvalue weighted by Crippen LogP contribution is -2.34. The summed E-state index contributed by atoms with van der Waals surface area (Å²) in [6.07, 6.45) is 2.65. The van der Waals surface area contributed by atoms with E-state index in [-0.39, 0.29) is 17.5 Å². The standard InChI is InChI=1S/C27H34N2O5/c1-6-7-14-34-15-8-13-29-26(30)24(20-10-9-18(2)19(3)16-20)25(27(29)31)28-21-11-12-22(32-4)23(17-21)33-5/h9-12,16-17,28H,6-8,13-15H2,1-5H3. The smallest absolute Gasteiger partial charge is 0.278 e. The van der Waals surface area contributed by atoms with Gasteiger partial charge in [0, 0.05) is 31.5 Å². The first-order valence-electron chi connectivity index (χ1n) is 11.7. The van der Waals surface area contributed by atoms with Crippen molar-refractivity contribution in [1.82, 2.24) is 4.90 Å². The highest BCUT2D eigenvalue weighted by atomic mass is 16.5. The highest BCUT2D eigenvalue weighted by molar-refractivity contribution is 6.36. The number of aryl methyl sites for hydroxylation is 2. The highest BCUT2D eigenvalue weighted by Crippen LogP contribution is 2.34. The molecule has 2 aromatic rings. The molecular formula is C27H34N2O5. The Morgan fingerprint density at radius 1 is 0.853 bits per heavy atom. The summed E-state index contributed by atoms with van der Waals surface area (Å²) in [5, 5.41) is 3.18. The predicted octanol–water partition coefficient (Wildman–Crippen LogP) is 4.72. The number of methoxy groups -OCH3 is 2. The fourth-order valence-electron chi connectivity index (χ4n) is 3.79. The molecule has 0 aromatic heterocycles. The van der Waals surface area contributed by atoms with Crippen LogP contribution in [0.4, 0.5) is 5.69 Å². The van der Waals surface area contributed by atoms with E-state index >= 15 is 0 Å². The number of nitrogens with zero attached hydrogens (tertiary/aromatic N) is 1. The van der Waals surface area contributed by atoms with Crippen LogP contribution in [0.3, 0.4) is 0 Å². The molecule has 0 bridgehead atoms. The Labute approximate surface area is 201 Å². The fourth-order valence-corrected chi connectivity index (χ4v) is 3.79. The Bertz CT molecular complexity index is 1080. The summed E-state index contributed by atoms with van der Waals surface area (Å²) in [6, 6.07) is 11.1. The number of rotatable bonds is 12. The van der Waals surface area contributed by atoms with E-state index in [0.717, 1.165) is 24.0 Å². The average molecular weight is 467 g/mol. The number of carbonyl (C=O) groups is 2. The molecular weight excluding hydrogens is 432 g/mol. The number of amides is 2. The van der Waals surface area contributed by atoms with Crippen molar-refractivity contribution in [3.63, 3.8) is 0 Å². The van der Waals surface area contributed by atoms with Gasteiger partial charge in [0.05, 0.1) is 19.8 Å². The van der Waals surface area contributed by atoms with Crippen molar-refractivity contribution in [3.05, 3.63) is 58.8 Å². The molecule has 0 radical (unpaired) electrons. The molecule has 7 heteroatoms. The lowest BCUT2D eigenvalue weighted by Gasteiger charge is -2.15. The van der Waals surface area contributed by atoms with Gasteiger partial charge in [-0.15, -0.1) is 0 Å². The summed E-state index contributed by atoms with van der Waals surface area (Å²) >= 11 is 0. The van der Waals surface area contributed by atoms with E-state index in [2.05, 4.69) is 12.2 Å². The summed E-state index contributed by atoms with van der Waals surface area (Å²) in [6.45, 7) is 7.62. The summed E-state index contributed by atoms with van der Waals surface area (Å²) in [7, 11) is 3.12. The quantitative estimate of drug-likeness (QED) is 0.360. The van der Waals surface area contributed by atoms with Gasteiger partial charge in [0.2, 0.25) is 0 Å². The second-order valence-electron chi connectivity index (χ2n) is 8.33. The van der Waals surface area contributed by atoms with Crippen molar-refractivity contribution in [3.8, 4) is 11.5 Å². The topological polar surface area (TPSA) is 77.1 Å². The van der Waals surface area contributed by atoms with Crippen LogP contribution < -0.4 is 14.8 Å². The van der Waals surface area contributed by atoms with Gasteiger partial charge in [-0.1, -0.05) is 31.5 Å². The number of hydrogen-bond acceptors (Lipinski definition) is 6. The van der Waals surface area contributed by atoms with E-state index in [1.807, 2.05) is 32.0 Å². The normalized spacial score (nSPS) is 13.6. The lowest BCUT2D eigenvalue weighted by atomic mass is 9.99. The maximum atomic E-state index is 13.4. The van der Waals surface area contributed by atoms with E-state index < -0.39 is 0 Å². The maximum Gasteiger partial charge on any atom is 0.278 e. The second-order valence-corrected chi connectivity index (χ2v) is 8.33. The first-order chi connectivity index (χ1) is 16.4. The number of nitrogens with one attached hydrogen (secondary N) is 1. The summed E-state index contributed by atoms with van der Waals surface area (Å²) in [5.74, 6) is 0.458. The molecule has 0 spiro atoms. The minimum Gasteiger partial charge on any atom is -0.493 e. The molecule has 2 amide bonds. The molecule has 182 valence electrons. The lowest BCUT2D eigenvalue weighted by molar-refractivity contribution is -0.137. The minimum atomic E-state index is -0.346. The Hall–Kier alpha value is -3.32. The van der Waals surface area contributed by atoms with Crippen LogP contribution in [0.5, 0.6) is 11.5 Å². The summed E-state index contributed by atoms with van der Waals surface area (Å²) in [4.78, 5) is 28.1. The van der Waals surface area contributed by atoms with Crippen molar-refractivity contribution in [2.75, 3.05) is 39.3 Å². The minimum absolute atomic E-state index is 0.257. The molecule has 2 aromatic carbocycles. The Kier molecular flexibility index (Phi) is 8.71. The third-order valence-electron chi connectivity index (χ3n) is 5.93. The number of unbranched alkanes of at least 4 members (excludes halogenated alkanes) is 1. The van der Waals surface area contributed by atoms with Crippen LogP contribution >= 0.6 is 0 Å². The van der Waals surface area contributed by atoms with Gasteiger partial charge in [-0.2, -0.15) is 0 Å². The molecule has 3 rings (SSSR count). The SMILES string of the molecule is CCCCOCCCN1C(=O)C(Nc2ccc(OC)c(OC)c2)=C(c2ccc(C)c(C)c2)C1=O. The zero-order chi connectivity index (χ0) is 24.7. The molecule has 0 atom stereocenters. The highest BCUT2D eigenvalue weighted by Gasteiger charge is 2.39. The maximum absolute atomic E-state index is 13.4. The monoisotopic (exact) mass is 466 g/mol. The zero-order valence-electron chi connectivity index (χ0n) is 20.7. The number of ether oxygens (including phenoxy) is 3. The first-order valence-corrected chi connectivity index (χ1v) is 11.7.